The minimum absolute atomic E-state index is 0.166. The Morgan fingerprint density at radius 1 is 0.889 bits per heavy atom. The summed E-state index contributed by atoms with van der Waals surface area (Å²) >= 11 is 3.08. The third-order valence-electron chi connectivity index (χ3n) is 4.50. The van der Waals surface area contributed by atoms with Gasteiger partial charge in [-0.25, -0.2) is 0 Å². The van der Waals surface area contributed by atoms with Gasteiger partial charge in [-0.1, -0.05) is 0 Å². The molecule has 0 aromatic carbocycles. The van der Waals surface area contributed by atoms with Crippen molar-refractivity contribution in [3.8, 4) is 0 Å². The molecule has 6 heteroatoms. The van der Waals surface area contributed by atoms with Crippen LogP contribution >= 0.6 is 23.5 Å². The van der Waals surface area contributed by atoms with Crippen LogP contribution in [-0.2, 0) is 9.59 Å². The quantitative estimate of drug-likeness (QED) is 0.768. The molecule has 3 fully saturated rings. The second-order valence-corrected chi connectivity index (χ2v) is 7.26. The van der Waals surface area contributed by atoms with E-state index in [0.717, 1.165) is 38.8 Å². The minimum Gasteiger partial charge on any atom is -0.317 e. The van der Waals surface area contributed by atoms with Crippen LogP contribution in [0.5, 0.6) is 0 Å². The number of nitrogens with zero attached hydrogens (tertiary/aromatic N) is 2. The van der Waals surface area contributed by atoms with Crippen molar-refractivity contribution in [1.82, 2.24) is 9.80 Å². The third kappa shape index (κ3) is 1.26. The van der Waals surface area contributed by atoms with Crippen molar-refractivity contribution in [1.29, 1.82) is 0 Å². The SMILES string of the molecule is CSC12CCCN1C(=O)C1(SC)CCCN1C2=O. The van der Waals surface area contributed by atoms with E-state index < -0.39 is 9.74 Å². The molecule has 0 radical (unpaired) electrons. The van der Waals surface area contributed by atoms with Gasteiger partial charge in [0.15, 0.2) is 9.74 Å². The van der Waals surface area contributed by atoms with Gasteiger partial charge in [-0.2, -0.15) is 0 Å². The summed E-state index contributed by atoms with van der Waals surface area (Å²) in [4.78, 5) is 28.2. The number of fused-ring (bicyclic) bond motifs is 2. The van der Waals surface area contributed by atoms with E-state index in [-0.39, 0.29) is 11.8 Å². The first-order chi connectivity index (χ1) is 8.62. The highest BCUT2D eigenvalue weighted by molar-refractivity contribution is 8.01. The van der Waals surface area contributed by atoms with Gasteiger partial charge in [0.25, 0.3) is 11.8 Å². The van der Waals surface area contributed by atoms with Crippen LogP contribution in [-0.4, -0.2) is 57.0 Å². The lowest BCUT2D eigenvalue weighted by atomic mass is 10.0. The highest BCUT2D eigenvalue weighted by Crippen LogP contribution is 2.52. The van der Waals surface area contributed by atoms with E-state index in [1.165, 1.54) is 23.5 Å². The fourth-order valence-corrected chi connectivity index (χ4v) is 5.64. The van der Waals surface area contributed by atoms with Gasteiger partial charge in [0.1, 0.15) is 0 Å². The zero-order valence-corrected chi connectivity index (χ0v) is 12.4. The zero-order valence-electron chi connectivity index (χ0n) is 10.8. The van der Waals surface area contributed by atoms with Crippen LogP contribution < -0.4 is 0 Å². The Morgan fingerprint density at radius 3 is 1.61 bits per heavy atom. The average Bonchev–Trinajstić information content (AvgIpc) is 3.01. The summed E-state index contributed by atoms with van der Waals surface area (Å²) in [5, 5.41) is 0. The van der Waals surface area contributed by atoms with Gasteiger partial charge in [0, 0.05) is 13.1 Å². The summed E-state index contributed by atoms with van der Waals surface area (Å²) < 4.78 is 0. The summed E-state index contributed by atoms with van der Waals surface area (Å²) in [6, 6.07) is 0. The minimum atomic E-state index is -0.597. The second kappa shape index (κ2) is 4.07. The van der Waals surface area contributed by atoms with Crippen molar-refractivity contribution in [3.63, 3.8) is 0 Å². The first-order valence-electron chi connectivity index (χ1n) is 6.37. The largest absolute Gasteiger partial charge is 0.317 e. The molecule has 3 aliphatic rings. The van der Waals surface area contributed by atoms with Crippen LogP contribution in [0.3, 0.4) is 0 Å². The molecular formula is C12H18N2O2S2. The molecule has 18 heavy (non-hydrogen) atoms. The molecule has 3 heterocycles. The maximum absolute atomic E-state index is 12.8. The van der Waals surface area contributed by atoms with Crippen LogP contribution in [0.25, 0.3) is 0 Å². The molecule has 4 nitrogen and oxygen atoms in total. The van der Waals surface area contributed by atoms with Gasteiger partial charge in [0.2, 0.25) is 0 Å². The maximum Gasteiger partial charge on any atom is 0.260 e. The van der Waals surface area contributed by atoms with Crippen molar-refractivity contribution >= 4 is 35.3 Å². The highest BCUT2D eigenvalue weighted by Gasteiger charge is 2.65. The summed E-state index contributed by atoms with van der Waals surface area (Å²) in [5.74, 6) is 0.331. The van der Waals surface area contributed by atoms with E-state index in [2.05, 4.69) is 0 Å². The van der Waals surface area contributed by atoms with Gasteiger partial charge in [-0.15, -0.1) is 23.5 Å². The molecule has 0 aromatic rings. The number of hydrogen-bond donors (Lipinski definition) is 0. The van der Waals surface area contributed by atoms with E-state index in [0.29, 0.717) is 0 Å². The number of carbonyl (C=O) groups excluding carboxylic acids is 2. The molecule has 100 valence electrons. The van der Waals surface area contributed by atoms with E-state index in [1.54, 1.807) is 0 Å². The second-order valence-electron chi connectivity index (χ2n) is 5.10. The zero-order chi connectivity index (χ0) is 13.0. The summed E-state index contributed by atoms with van der Waals surface area (Å²) in [5.41, 5.74) is 0. The first-order valence-corrected chi connectivity index (χ1v) is 8.82. The molecule has 3 saturated heterocycles. The molecule has 0 bridgehead atoms. The van der Waals surface area contributed by atoms with Crippen molar-refractivity contribution < 1.29 is 9.59 Å². The molecule has 0 aliphatic carbocycles. The molecule has 3 aliphatic heterocycles. The predicted octanol–water partition coefficient (Wildman–Crippen LogP) is 1.36. The van der Waals surface area contributed by atoms with E-state index in [1.807, 2.05) is 22.3 Å². The maximum atomic E-state index is 12.8. The summed E-state index contributed by atoms with van der Waals surface area (Å²) in [7, 11) is 0. The van der Waals surface area contributed by atoms with Crippen molar-refractivity contribution in [2.45, 2.75) is 35.4 Å². The Morgan fingerprint density at radius 2 is 1.28 bits per heavy atom. The Balaban J connectivity index is 2.10. The van der Waals surface area contributed by atoms with Crippen LogP contribution in [0.1, 0.15) is 25.7 Å². The van der Waals surface area contributed by atoms with E-state index in [9.17, 15) is 9.59 Å². The summed E-state index contributed by atoms with van der Waals surface area (Å²) in [6.45, 7) is 1.48. The average molecular weight is 286 g/mol. The van der Waals surface area contributed by atoms with Crippen LogP contribution in [0.15, 0.2) is 0 Å². The molecule has 2 amide bonds. The number of amides is 2. The summed E-state index contributed by atoms with van der Waals surface area (Å²) in [6.07, 6.45) is 7.39. The molecule has 2 unspecified atom stereocenters. The van der Waals surface area contributed by atoms with Crippen LogP contribution in [0, 0.1) is 0 Å². The number of hydrogen-bond acceptors (Lipinski definition) is 4. The Labute approximate surface area is 116 Å². The van der Waals surface area contributed by atoms with Gasteiger partial charge >= 0.3 is 0 Å². The number of rotatable bonds is 2. The van der Waals surface area contributed by atoms with Crippen molar-refractivity contribution in [2.24, 2.45) is 0 Å². The number of thioether (sulfide) groups is 2. The first kappa shape index (κ1) is 12.7. The monoisotopic (exact) mass is 286 g/mol. The molecule has 0 aromatic heterocycles. The number of carbonyl (C=O) groups is 2. The Hall–Kier alpha value is -0.360. The van der Waals surface area contributed by atoms with E-state index >= 15 is 0 Å². The standard InChI is InChI=1S/C12H18N2O2S2/c1-17-11-5-3-7-13(11)10(16)12(18-2)6-4-8-14(12)9(11)15/h3-8H2,1-2H3. The molecule has 2 atom stereocenters. The molecule has 0 saturated carbocycles. The van der Waals surface area contributed by atoms with Gasteiger partial charge in [-0.05, 0) is 38.2 Å². The molecule has 0 N–H and O–H groups in total. The molecular weight excluding hydrogens is 268 g/mol. The van der Waals surface area contributed by atoms with Gasteiger partial charge in [0.05, 0.1) is 0 Å². The molecule has 3 rings (SSSR count). The predicted molar refractivity (Wildman–Crippen MR) is 74.4 cm³/mol. The smallest absolute Gasteiger partial charge is 0.260 e. The van der Waals surface area contributed by atoms with Crippen molar-refractivity contribution in [3.05, 3.63) is 0 Å². The fourth-order valence-electron chi connectivity index (χ4n) is 3.58. The fraction of sp³-hybridized carbons (Fsp3) is 0.833. The van der Waals surface area contributed by atoms with Crippen LogP contribution in [0.2, 0.25) is 0 Å². The lowest BCUT2D eigenvalue weighted by molar-refractivity contribution is -0.161. The molecule has 0 spiro atoms. The lowest BCUT2D eigenvalue weighted by Gasteiger charge is -2.51. The van der Waals surface area contributed by atoms with Gasteiger partial charge in [-0.3, -0.25) is 9.59 Å². The highest BCUT2D eigenvalue weighted by atomic mass is 32.2. The Kier molecular flexibility index (Phi) is 2.86. The van der Waals surface area contributed by atoms with Gasteiger partial charge < -0.3 is 9.80 Å². The van der Waals surface area contributed by atoms with E-state index in [4.69, 9.17) is 0 Å². The number of piperazine rings is 1. The normalized spacial score (nSPS) is 39.2. The lowest BCUT2D eigenvalue weighted by Crippen LogP contribution is -2.70. The van der Waals surface area contributed by atoms with Crippen molar-refractivity contribution in [2.75, 3.05) is 25.6 Å². The topological polar surface area (TPSA) is 40.6 Å². The third-order valence-corrected chi connectivity index (χ3v) is 7.05. The Bertz CT molecular complexity index is 379. The van der Waals surface area contributed by atoms with Crippen LogP contribution in [0.4, 0.5) is 0 Å².